The molecule has 5 rings (SSSR count). The van der Waals surface area contributed by atoms with Gasteiger partial charge in [-0.3, -0.25) is 4.57 Å². The summed E-state index contributed by atoms with van der Waals surface area (Å²) in [7, 11) is 3.43. The average molecular weight is 769 g/mol. The lowest BCUT2D eigenvalue weighted by Crippen LogP contribution is -2.46. The van der Waals surface area contributed by atoms with Crippen LogP contribution in [0.3, 0.4) is 0 Å². The second kappa shape index (κ2) is 14.7. The van der Waals surface area contributed by atoms with Crippen LogP contribution in [0.1, 0.15) is 49.9 Å². The third kappa shape index (κ3) is 8.01. The SMILES string of the molecule is COc1cc(C(C)(C)c2cnc(SCc3c(F)cc(S(=O)(=O)N(CCC[N+](C)(C)C)C4(CO)CC4)cc3Cl)n2-c2ccc(F)cc2)ccc1Cl. The molecule has 0 atom stereocenters. The molecule has 50 heavy (non-hydrogen) atoms. The number of sulfonamides is 1. The van der Waals surface area contributed by atoms with Crippen LogP contribution >= 0.6 is 35.0 Å². The number of aliphatic hydroxyl groups excluding tert-OH is 1. The number of aliphatic hydroxyl groups is 1. The van der Waals surface area contributed by atoms with Gasteiger partial charge in [-0.05, 0) is 66.9 Å². The molecule has 4 aromatic rings. The number of hydrogen-bond acceptors (Lipinski definition) is 6. The van der Waals surface area contributed by atoms with E-state index in [9.17, 15) is 17.9 Å². The standard InChI is InChI=1S/C36H43Cl2F2N4O4S2/c1-35(2,24-8-13-29(37)32(18-24)48-6)33-21-41-34(43(33)26-11-9-25(39)10-12-26)49-22-28-30(38)19-27(20-31(28)40)50(46,47)42(36(23-45)14-15-36)16-7-17-44(3,4)5/h8-13,18-21,45H,7,14-17,22-23H2,1-6H3/q+1. The Labute approximate surface area is 307 Å². The molecule has 270 valence electrons. The van der Waals surface area contributed by atoms with Gasteiger partial charge in [-0.2, -0.15) is 4.31 Å². The molecule has 0 unspecified atom stereocenters. The predicted molar refractivity (Wildman–Crippen MR) is 195 cm³/mol. The molecule has 3 aromatic carbocycles. The highest BCUT2D eigenvalue weighted by atomic mass is 35.5. The summed E-state index contributed by atoms with van der Waals surface area (Å²) in [5.41, 5.74) is 0.903. The summed E-state index contributed by atoms with van der Waals surface area (Å²) >= 11 is 14.2. The van der Waals surface area contributed by atoms with E-state index in [1.54, 1.807) is 31.5 Å². The van der Waals surface area contributed by atoms with E-state index in [2.05, 4.69) is 0 Å². The Hall–Kier alpha value is -2.71. The van der Waals surface area contributed by atoms with Gasteiger partial charge in [-0.25, -0.2) is 22.2 Å². The predicted octanol–water partition coefficient (Wildman–Crippen LogP) is 7.70. The van der Waals surface area contributed by atoms with Gasteiger partial charge in [0.25, 0.3) is 0 Å². The quantitative estimate of drug-likeness (QED) is 0.0987. The van der Waals surface area contributed by atoms with Crippen molar-refractivity contribution in [2.75, 3.05) is 47.9 Å². The van der Waals surface area contributed by atoms with E-state index in [4.69, 9.17) is 32.9 Å². The number of ether oxygens (including phenoxy) is 1. The maximum absolute atomic E-state index is 15.9. The summed E-state index contributed by atoms with van der Waals surface area (Å²) in [6.45, 7) is 4.64. The van der Waals surface area contributed by atoms with Crippen molar-refractivity contribution in [3.63, 3.8) is 0 Å². The van der Waals surface area contributed by atoms with Gasteiger partial charge in [0.1, 0.15) is 17.4 Å². The largest absolute Gasteiger partial charge is 0.495 e. The Morgan fingerprint density at radius 3 is 2.32 bits per heavy atom. The molecule has 1 aliphatic rings. The molecule has 1 aromatic heterocycles. The first-order valence-electron chi connectivity index (χ1n) is 16.2. The van der Waals surface area contributed by atoms with Crippen molar-refractivity contribution in [1.82, 2.24) is 13.9 Å². The second-order valence-electron chi connectivity index (χ2n) is 14.2. The first-order valence-corrected chi connectivity index (χ1v) is 19.3. The number of imidazole rings is 1. The minimum absolute atomic E-state index is 0.0334. The summed E-state index contributed by atoms with van der Waals surface area (Å²) in [6.07, 6.45) is 3.36. The van der Waals surface area contributed by atoms with Crippen LogP contribution in [0.25, 0.3) is 5.69 Å². The van der Waals surface area contributed by atoms with Crippen molar-refractivity contribution in [2.45, 2.75) is 59.9 Å². The zero-order chi connectivity index (χ0) is 36.6. The van der Waals surface area contributed by atoms with Crippen molar-refractivity contribution in [3.05, 3.63) is 99.3 Å². The molecule has 8 nitrogen and oxygen atoms in total. The number of methoxy groups -OCH3 is 1. The number of thioether (sulfide) groups is 1. The van der Waals surface area contributed by atoms with E-state index < -0.39 is 32.6 Å². The number of rotatable bonds is 15. The molecule has 0 bridgehead atoms. The van der Waals surface area contributed by atoms with E-state index in [1.807, 2.05) is 51.7 Å². The van der Waals surface area contributed by atoms with E-state index in [1.165, 1.54) is 34.3 Å². The zero-order valence-corrected chi connectivity index (χ0v) is 32.2. The third-order valence-corrected chi connectivity index (χ3v) is 12.8. The molecular formula is C36H43Cl2F2N4O4S2+. The minimum Gasteiger partial charge on any atom is -0.495 e. The van der Waals surface area contributed by atoms with Gasteiger partial charge in [-0.1, -0.05) is 54.9 Å². The highest BCUT2D eigenvalue weighted by Gasteiger charge is 2.52. The molecule has 0 spiro atoms. The summed E-state index contributed by atoms with van der Waals surface area (Å²) in [6, 6.07) is 13.8. The molecule has 1 fully saturated rings. The third-order valence-electron chi connectivity index (χ3n) is 9.22. The van der Waals surface area contributed by atoms with Crippen LogP contribution in [0.2, 0.25) is 10.0 Å². The molecular weight excluding hydrogens is 725 g/mol. The molecule has 0 radical (unpaired) electrons. The van der Waals surface area contributed by atoms with Gasteiger partial charge in [0, 0.05) is 40.4 Å². The lowest BCUT2D eigenvalue weighted by atomic mass is 9.81. The first kappa shape index (κ1) is 38.5. The van der Waals surface area contributed by atoms with E-state index in [0.717, 1.165) is 23.9 Å². The lowest BCUT2D eigenvalue weighted by molar-refractivity contribution is -0.870. The van der Waals surface area contributed by atoms with Crippen LogP contribution in [0.4, 0.5) is 8.78 Å². The normalized spacial score (nSPS) is 14.7. The van der Waals surface area contributed by atoms with Gasteiger partial charge in [0.05, 0.1) is 68.8 Å². The highest BCUT2D eigenvalue weighted by molar-refractivity contribution is 7.98. The first-order chi connectivity index (χ1) is 23.4. The Morgan fingerprint density at radius 2 is 1.74 bits per heavy atom. The molecule has 1 aliphatic carbocycles. The monoisotopic (exact) mass is 767 g/mol. The smallest absolute Gasteiger partial charge is 0.243 e. The average Bonchev–Trinajstić information content (AvgIpc) is 3.72. The van der Waals surface area contributed by atoms with E-state index in [0.29, 0.717) is 45.4 Å². The molecule has 0 amide bonds. The summed E-state index contributed by atoms with van der Waals surface area (Å²) < 4.78 is 67.1. The zero-order valence-electron chi connectivity index (χ0n) is 29.0. The number of halogens is 4. The van der Waals surface area contributed by atoms with E-state index in [-0.39, 0.29) is 34.4 Å². The fourth-order valence-electron chi connectivity index (χ4n) is 5.98. The van der Waals surface area contributed by atoms with Crippen LogP contribution in [0, 0.1) is 11.6 Å². The van der Waals surface area contributed by atoms with Crippen LogP contribution in [0.5, 0.6) is 5.75 Å². The fraction of sp³-hybridized carbons (Fsp3) is 0.417. The summed E-state index contributed by atoms with van der Waals surface area (Å²) in [5.74, 6) is -0.608. The molecule has 1 N–H and O–H groups in total. The number of hydrogen-bond donors (Lipinski definition) is 1. The van der Waals surface area contributed by atoms with Gasteiger partial charge >= 0.3 is 0 Å². The minimum atomic E-state index is -4.18. The van der Waals surface area contributed by atoms with Crippen LogP contribution in [-0.2, 0) is 21.2 Å². The number of benzene rings is 3. The van der Waals surface area contributed by atoms with Crippen LogP contribution in [-0.4, -0.2) is 85.4 Å². The van der Waals surface area contributed by atoms with Crippen molar-refractivity contribution in [3.8, 4) is 11.4 Å². The van der Waals surface area contributed by atoms with Gasteiger partial charge < -0.3 is 14.3 Å². The van der Waals surface area contributed by atoms with E-state index >= 15 is 4.39 Å². The summed E-state index contributed by atoms with van der Waals surface area (Å²) in [4.78, 5) is 4.44. The fourth-order valence-corrected chi connectivity index (χ4v) is 9.51. The molecule has 1 heterocycles. The van der Waals surface area contributed by atoms with Crippen molar-refractivity contribution in [1.29, 1.82) is 0 Å². The van der Waals surface area contributed by atoms with Crippen molar-refractivity contribution in [2.24, 2.45) is 0 Å². The molecule has 0 saturated heterocycles. The van der Waals surface area contributed by atoms with Crippen molar-refractivity contribution < 1.29 is 31.5 Å². The van der Waals surface area contributed by atoms with Crippen LogP contribution in [0.15, 0.2) is 70.8 Å². The Morgan fingerprint density at radius 1 is 1.06 bits per heavy atom. The Balaban J connectivity index is 1.47. The van der Waals surface area contributed by atoms with Crippen LogP contribution < -0.4 is 4.74 Å². The Bertz CT molecular complexity index is 1940. The molecule has 14 heteroatoms. The topological polar surface area (TPSA) is 84.7 Å². The molecule has 1 saturated carbocycles. The number of nitrogens with zero attached hydrogens (tertiary/aromatic N) is 4. The second-order valence-corrected chi connectivity index (χ2v) is 17.8. The highest BCUT2D eigenvalue weighted by Crippen LogP contribution is 2.45. The summed E-state index contributed by atoms with van der Waals surface area (Å²) in [5, 5.41) is 11.1. The van der Waals surface area contributed by atoms with Gasteiger partial charge in [0.2, 0.25) is 10.0 Å². The van der Waals surface area contributed by atoms with Crippen molar-refractivity contribution >= 4 is 45.0 Å². The lowest BCUT2D eigenvalue weighted by Gasteiger charge is -2.31. The Kier molecular flexibility index (Phi) is 11.3. The molecule has 0 aliphatic heterocycles. The number of aromatic nitrogens is 2. The maximum atomic E-state index is 15.9. The van der Waals surface area contributed by atoms with Gasteiger partial charge in [0.15, 0.2) is 5.16 Å². The van der Waals surface area contributed by atoms with Gasteiger partial charge in [-0.15, -0.1) is 0 Å². The maximum Gasteiger partial charge on any atom is 0.243 e. The number of quaternary nitrogens is 1.